The Morgan fingerprint density at radius 2 is 2.06 bits per heavy atom. The van der Waals surface area contributed by atoms with Gasteiger partial charge in [0, 0.05) is 5.02 Å². The van der Waals surface area contributed by atoms with Crippen molar-refractivity contribution in [3.63, 3.8) is 0 Å². The molecule has 0 bridgehead atoms. The van der Waals surface area contributed by atoms with Gasteiger partial charge in [-0.25, -0.2) is 0 Å². The molecule has 0 aliphatic heterocycles. The zero-order chi connectivity index (χ0) is 13.5. The van der Waals surface area contributed by atoms with Crippen LogP contribution in [0.3, 0.4) is 0 Å². The summed E-state index contributed by atoms with van der Waals surface area (Å²) in [5.41, 5.74) is 0.671. The molecule has 3 nitrogen and oxygen atoms in total. The summed E-state index contributed by atoms with van der Waals surface area (Å²) in [4.78, 5) is 13.5. The Labute approximate surface area is 113 Å². The van der Waals surface area contributed by atoms with Crippen LogP contribution < -0.4 is 0 Å². The lowest BCUT2D eigenvalue weighted by Crippen LogP contribution is -2.35. The molecule has 1 aromatic rings. The monoisotopic (exact) mass is 269 g/mol. The minimum absolute atomic E-state index is 0.514. The van der Waals surface area contributed by atoms with Gasteiger partial charge in [0.05, 0.1) is 0 Å². The number of rotatable bonds is 7. The van der Waals surface area contributed by atoms with E-state index in [9.17, 15) is 9.90 Å². The van der Waals surface area contributed by atoms with E-state index in [1.807, 2.05) is 24.0 Å². The van der Waals surface area contributed by atoms with E-state index >= 15 is 0 Å². The second-order valence-corrected chi connectivity index (χ2v) is 4.65. The van der Waals surface area contributed by atoms with Crippen molar-refractivity contribution >= 4 is 17.6 Å². The first-order valence-corrected chi connectivity index (χ1v) is 6.70. The molecule has 1 atom stereocenters. The first-order valence-electron chi connectivity index (χ1n) is 6.33. The fourth-order valence-electron chi connectivity index (χ4n) is 2.01. The van der Waals surface area contributed by atoms with Gasteiger partial charge in [-0.3, -0.25) is 9.69 Å². The molecule has 1 rings (SSSR count). The van der Waals surface area contributed by atoms with Gasteiger partial charge in [-0.1, -0.05) is 50.1 Å². The van der Waals surface area contributed by atoms with E-state index in [4.69, 9.17) is 11.6 Å². The largest absolute Gasteiger partial charge is 0.480 e. The fourth-order valence-corrected chi connectivity index (χ4v) is 2.25. The van der Waals surface area contributed by atoms with Crippen LogP contribution in [0.1, 0.15) is 38.3 Å². The summed E-state index contributed by atoms with van der Waals surface area (Å²) in [6.45, 7) is 5.54. The molecule has 1 unspecified atom stereocenters. The third kappa shape index (κ3) is 3.72. The Bertz CT molecular complexity index is 395. The van der Waals surface area contributed by atoms with E-state index < -0.39 is 12.0 Å². The molecular formula is C14H20ClNO2. The Balaban J connectivity index is 3.01. The first-order chi connectivity index (χ1) is 8.61. The molecule has 4 heteroatoms. The summed E-state index contributed by atoms with van der Waals surface area (Å²) in [6.07, 6.45) is 2.04. The van der Waals surface area contributed by atoms with E-state index in [2.05, 4.69) is 6.92 Å². The van der Waals surface area contributed by atoms with Gasteiger partial charge >= 0.3 is 5.97 Å². The number of likely N-dealkylation sites (N-methyl/N-ethyl adjacent to an activating group) is 1. The van der Waals surface area contributed by atoms with Crippen LogP contribution >= 0.6 is 11.6 Å². The minimum Gasteiger partial charge on any atom is -0.480 e. The summed E-state index contributed by atoms with van der Waals surface area (Å²) in [6, 6.07) is 6.50. The highest BCUT2D eigenvalue weighted by molar-refractivity contribution is 6.31. The molecule has 0 aliphatic carbocycles. The minimum atomic E-state index is -0.846. The predicted octanol–water partition coefficient (Wildman–Crippen LogP) is 3.59. The third-order valence-electron chi connectivity index (χ3n) is 3.00. The van der Waals surface area contributed by atoms with Crippen molar-refractivity contribution in [1.29, 1.82) is 0 Å². The second kappa shape index (κ2) is 7.39. The van der Waals surface area contributed by atoms with Crippen LogP contribution in [0.4, 0.5) is 0 Å². The highest BCUT2D eigenvalue weighted by atomic mass is 35.5. The number of carboxylic acids is 1. The molecule has 0 spiro atoms. The molecule has 1 aromatic carbocycles. The molecule has 0 aliphatic rings. The number of nitrogens with zero attached hydrogens (tertiary/aromatic N) is 1. The Morgan fingerprint density at radius 1 is 1.39 bits per heavy atom. The van der Waals surface area contributed by atoms with Gasteiger partial charge < -0.3 is 5.11 Å². The van der Waals surface area contributed by atoms with E-state index in [0.29, 0.717) is 17.1 Å². The summed E-state index contributed by atoms with van der Waals surface area (Å²) in [5.74, 6) is -0.846. The Morgan fingerprint density at radius 3 is 2.56 bits per heavy atom. The third-order valence-corrected chi connectivity index (χ3v) is 3.35. The molecule has 0 saturated carbocycles. The van der Waals surface area contributed by atoms with E-state index in [0.717, 1.165) is 19.4 Å². The van der Waals surface area contributed by atoms with E-state index in [1.165, 1.54) is 0 Å². The van der Waals surface area contributed by atoms with Crippen molar-refractivity contribution in [3.05, 3.63) is 34.9 Å². The second-order valence-electron chi connectivity index (χ2n) is 4.24. The molecule has 0 fully saturated rings. The lowest BCUT2D eigenvalue weighted by atomic mass is 10.0. The number of hydrogen-bond acceptors (Lipinski definition) is 2. The molecule has 0 amide bonds. The molecule has 0 radical (unpaired) electrons. The number of halogens is 1. The van der Waals surface area contributed by atoms with Crippen LogP contribution in [0.25, 0.3) is 0 Å². The molecular weight excluding hydrogens is 250 g/mol. The lowest BCUT2D eigenvalue weighted by molar-refractivity contribution is -0.143. The molecule has 0 aromatic heterocycles. The zero-order valence-corrected chi connectivity index (χ0v) is 11.7. The summed E-state index contributed by atoms with van der Waals surface area (Å²) in [7, 11) is 0. The smallest absolute Gasteiger partial charge is 0.325 e. The number of carbonyl (C=O) groups is 1. The van der Waals surface area contributed by atoms with E-state index in [-0.39, 0.29) is 0 Å². The van der Waals surface area contributed by atoms with Crippen molar-refractivity contribution in [2.24, 2.45) is 0 Å². The van der Waals surface area contributed by atoms with Crippen LogP contribution in [0.5, 0.6) is 0 Å². The summed E-state index contributed by atoms with van der Waals surface area (Å²) >= 11 is 6.11. The lowest BCUT2D eigenvalue weighted by Gasteiger charge is -2.28. The molecule has 0 heterocycles. The van der Waals surface area contributed by atoms with Crippen molar-refractivity contribution in [1.82, 2.24) is 4.90 Å². The van der Waals surface area contributed by atoms with Crippen molar-refractivity contribution in [2.45, 2.75) is 32.7 Å². The zero-order valence-electron chi connectivity index (χ0n) is 10.9. The normalized spacial score (nSPS) is 12.7. The highest BCUT2D eigenvalue weighted by Crippen LogP contribution is 2.27. The fraction of sp³-hybridized carbons (Fsp3) is 0.500. The number of unbranched alkanes of at least 4 members (excludes halogenated alkanes) is 1. The number of aliphatic carboxylic acids is 1. The van der Waals surface area contributed by atoms with Gasteiger partial charge in [0.2, 0.25) is 0 Å². The van der Waals surface area contributed by atoms with Crippen LogP contribution in [0.15, 0.2) is 24.3 Å². The van der Waals surface area contributed by atoms with Gasteiger partial charge in [-0.2, -0.15) is 0 Å². The maximum Gasteiger partial charge on any atom is 0.325 e. The Hall–Kier alpha value is -1.06. The molecule has 18 heavy (non-hydrogen) atoms. The first kappa shape index (κ1) is 15.0. The maximum absolute atomic E-state index is 11.5. The molecule has 1 N–H and O–H groups in total. The predicted molar refractivity (Wildman–Crippen MR) is 74.0 cm³/mol. The van der Waals surface area contributed by atoms with Crippen molar-refractivity contribution in [2.75, 3.05) is 13.1 Å². The van der Waals surface area contributed by atoms with Gasteiger partial charge in [0.15, 0.2) is 0 Å². The summed E-state index contributed by atoms with van der Waals surface area (Å²) in [5, 5.41) is 9.97. The topological polar surface area (TPSA) is 40.5 Å². The van der Waals surface area contributed by atoms with Crippen LogP contribution in [0, 0.1) is 0 Å². The van der Waals surface area contributed by atoms with Crippen molar-refractivity contribution < 1.29 is 9.90 Å². The highest BCUT2D eigenvalue weighted by Gasteiger charge is 2.27. The molecule has 0 saturated heterocycles. The summed E-state index contributed by atoms with van der Waals surface area (Å²) < 4.78 is 0. The SMILES string of the molecule is CCCCN(CC)C(C(=O)O)c1ccccc1Cl. The maximum atomic E-state index is 11.5. The average Bonchev–Trinajstić information content (AvgIpc) is 2.35. The van der Waals surface area contributed by atoms with Gasteiger partial charge in [0.25, 0.3) is 0 Å². The van der Waals surface area contributed by atoms with Crippen LogP contribution in [0.2, 0.25) is 5.02 Å². The van der Waals surface area contributed by atoms with Gasteiger partial charge in [0.1, 0.15) is 6.04 Å². The standard InChI is InChI=1S/C14H20ClNO2/c1-3-5-10-16(4-2)13(14(17)18)11-8-6-7-9-12(11)15/h6-9,13H,3-5,10H2,1-2H3,(H,17,18). The van der Waals surface area contributed by atoms with Crippen LogP contribution in [-0.4, -0.2) is 29.1 Å². The number of carboxylic acid groups (broad SMARTS) is 1. The molecule has 100 valence electrons. The van der Waals surface area contributed by atoms with E-state index in [1.54, 1.807) is 12.1 Å². The quantitative estimate of drug-likeness (QED) is 0.822. The number of benzene rings is 1. The van der Waals surface area contributed by atoms with Crippen molar-refractivity contribution in [3.8, 4) is 0 Å². The Kier molecular flexibility index (Phi) is 6.16. The number of hydrogen-bond donors (Lipinski definition) is 1. The van der Waals surface area contributed by atoms with Gasteiger partial charge in [-0.15, -0.1) is 0 Å². The van der Waals surface area contributed by atoms with Crippen LogP contribution in [-0.2, 0) is 4.79 Å². The van der Waals surface area contributed by atoms with Gasteiger partial charge in [-0.05, 0) is 31.1 Å². The average molecular weight is 270 g/mol.